The second-order valence-electron chi connectivity index (χ2n) is 5.46. The van der Waals surface area contributed by atoms with Crippen molar-refractivity contribution < 1.29 is 9.53 Å². The van der Waals surface area contributed by atoms with Crippen LogP contribution in [-0.4, -0.2) is 24.3 Å². The minimum Gasteiger partial charge on any atom is -0.491 e. The molecule has 0 aromatic heterocycles. The summed E-state index contributed by atoms with van der Waals surface area (Å²) in [5.41, 5.74) is 1.10. The largest absolute Gasteiger partial charge is 0.491 e. The quantitative estimate of drug-likeness (QED) is 0.742. The maximum absolute atomic E-state index is 11.9. The molecule has 0 aliphatic heterocycles. The van der Waals surface area contributed by atoms with Gasteiger partial charge < -0.3 is 10.1 Å². The average molecular weight is 329 g/mol. The van der Waals surface area contributed by atoms with Gasteiger partial charge in [-0.05, 0) is 37.6 Å². The Kier molecular flexibility index (Phi) is 7.01. The molecule has 0 saturated heterocycles. The molecule has 1 N–H and O–H groups in total. The van der Waals surface area contributed by atoms with E-state index in [0.717, 1.165) is 17.1 Å². The zero-order chi connectivity index (χ0) is 16.5. The molecule has 1 atom stereocenters. The number of para-hydroxylation sites is 1. The third-order valence-electron chi connectivity index (χ3n) is 3.33. The summed E-state index contributed by atoms with van der Waals surface area (Å²) in [6, 6.07) is 18.0. The maximum Gasteiger partial charge on any atom is 0.221 e. The zero-order valence-corrected chi connectivity index (χ0v) is 14.4. The van der Waals surface area contributed by atoms with Crippen LogP contribution in [0.2, 0.25) is 0 Å². The van der Waals surface area contributed by atoms with E-state index in [0.29, 0.717) is 13.0 Å². The Morgan fingerprint density at radius 2 is 1.83 bits per heavy atom. The van der Waals surface area contributed by atoms with Crippen molar-refractivity contribution in [2.24, 2.45) is 0 Å². The molecule has 1 amide bonds. The molecule has 2 aromatic rings. The summed E-state index contributed by atoms with van der Waals surface area (Å²) < 4.78 is 5.75. The Hall–Kier alpha value is -1.94. The molecule has 23 heavy (non-hydrogen) atoms. The van der Waals surface area contributed by atoms with Crippen molar-refractivity contribution in [3.05, 3.63) is 60.2 Å². The third-order valence-corrected chi connectivity index (χ3v) is 4.34. The summed E-state index contributed by atoms with van der Waals surface area (Å²) in [6.07, 6.45) is 0.508. The zero-order valence-electron chi connectivity index (χ0n) is 13.6. The number of benzene rings is 2. The fourth-order valence-corrected chi connectivity index (χ4v) is 2.97. The van der Waals surface area contributed by atoms with Crippen LogP contribution in [0.5, 0.6) is 5.75 Å². The van der Waals surface area contributed by atoms with Gasteiger partial charge in [0.1, 0.15) is 12.4 Å². The average Bonchev–Trinajstić information content (AvgIpc) is 2.55. The highest BCUT2D eigenvalue weighted by atomic mass is 32.2. The number of nitrogens with one attached hydrogen (secondary N) is 1. The number of carbonyl (C=O) groups is 1. The van der Waals surface area contributed by atoms with Crippen LogP contribution in [0.15, 0.2) is 59.5 Å². The molecule has 0 fully saturated rings. The number of thioether (sulfide) groups is 1. The highest BCUT2D eigenvalue weighted by molar-refractivity contribution is 7.99. The van der Waals surface area contributed by atoms with Crippen LogP contribution < -0.4 is 10.1 Å². The van der Waals surface area contributed by atoms with Crippen molar-refractivity contribution in [1.29, 1.82) is 0 Å². The second-order valence-corrected chi connectivity index (χ2v) is 6.62. The molecule has 0 aliphatic rings. The van der Waals surface area contributed by atoms with Gasteiger partial charge in [0.15, 0.2) is 0 Å². The van der Waals surface area contributed by atoms with Crippen LogP contribution in [0, 0.1) is 6.92 Å². The molecule has 0 aliphatic carbocycles. The molecule has 0 heterocycles. The molecule has 0 saturated carbocycles. The fraction of sp³-hybridized carbons (Fsp3) is 0.316. The summed E-state index contributed by atoms with van der Waals surface area (Å²) in [5, 5.41) is 2.98. The first-order chi connectivity index (χ1) is 11.1. The first kappa shape index (κ1) is 17.4. The molecule has 2 rings (SSSR count). The Balaban J connectivity index is 1.65. The van der Waals surface area contributed by atoms with Gasteiger partial charge in [-0.15, -0.1) is 11.8 Å². The summed E-state index contributed by atoms with van der Waals surface area (Å²) in [5.74, 6) is 1.71. The number of hydrogen-bond acceptors (Lipinski definition) is 3. The molecule has 2 aromatic carbocycles. The van der Waals surface area contributed by atoms with Gasteiger partial charge in [0.05, 0.1) is 6.04 Å². The number of amides is 1. The molecule has 0 bridgehead atoms. The van der Waals surface area contributed by atoms with Crippen LogP contribution in [0.4, 0.5) is 0 Å². The number of aryl methyl sites for hydroxylation is 1. The van der Waals surface area contributed by atoms with E-state index in [-0.39, 0.29) is 11.9 Å². The second kappa shape index (κ2) is 9.26. The normalized spacial score (nSPS) is 11.7. The fourth-order valence-electron chi connectivity index (χ4n) is 2.10. The SMILES string of the molecule is Cc1ccccc1OC[C@@H](C)NC(=O)CCSc1ccccc1. The van der Waals surface area contributed by atoms with E-state index in [4.69, 9.17) is 4.74 Å². The summed E-state index contributed by atoms with van der Waals surface area (Å²) in [7, 11) is 0. The van der Waals surface area contributed by atoms with Crippen molar-refractivity contribution in [1.82, 2.24) is 5.32 Å². The highest BCUT2D eigenvalue weighted by Crippen LogP contribution is 2.18. The molecule has 4 heteroatoms. The van der Waals surface area contributed by atoms with E-state index < -0.39 is 0 Å². The number of hydrogen-bond donors (Lipinski definition) is 1. The molecule has 3 nitrogen and oxygen atoms in total. The predicted molar refractivity (Wildman–Crippen MR) is 96.1 cm³/mol. The third kappa shape index (κ3) is 6.37. The van der Waals surface area contributed by atoms with E-state index in [2.05, 4.69) is 17.4 Å². The monoisotopic (exact) mass is 329 g/mol. The van der Waals surface area contributed by atoms with Crippen molar-refractivity contribution in [2.45, 2.75) is 31.2 Å². The molecule has 0 spiro atoms. The summed E-state index contributed by atoms with van der Waals surface area (Å²) in [4.78, 5) is 13.1. The van der Waals surface area contributed by atoms with Crippen LogP contribution in [0.3, 0.4) is 0 Å². The molecular formula is C19H23NO2S. The Bertz CT molecular complexity index is 616. The van der Waals surface area contributed by atoms with E-state index >= 15 is 0 Å². The van der Waals surface area contributed by atoms with E-state index in [1.165, 1.54) is 4.90 Å². The Morgan fingerprint density at radius 3 is 2.57 bits per heavy atom. The molecular weight excluding hydrogens is 306 g/mol. The molecule has 122 valence electrons. The number of carbonyl (C=O) groups excluding carboxylic acids is 1. The Morgan fingerprint density at radius 1 is 1.13 bits per heavy atom. The topological polar surface area (TPSA) is 38.3 Å². The van der Waals surface area contributed by atoms with E-state index in [1.807, 2.05) is 56.3 Å². The van der Waals surface area contributed by atoms with Gasteiger partial charge in [-0.3, -0.25) is 4.79 Å². The standard InChI is InChI=1S/C19H23NO2S/c1-15-8-6-7-11-18(15)22-14-16(2)20-19(21)12-13-23-17-9-4-3-5-10-17/h3-11,16H,12-14H2,1-2H3,(H,20,21)/t16-/m1/s1. The van der Waals surface area contributed by atoms with Crippen LogP contribution >= 0.6 is 11.8 Å². The van der Waals surface area contributed by atoms with Crippen LogP contribution in [0.25, 0.3) is 0 Å². The van der Waals surface area contributed by atoms with Crippen molar-refractivity contribution in [3.63, 3.8) is 0 Å². The minimum atomic E-state index is -0.0103. The summed E-state index contributed by atoms with van der Waals surface area (Å²) >= 11 is 1.70. The Labute approximate surface area is 142 Å². The van der Waals surface area contributed by atoms with Gasteiger partial charge in [-0.1, -0.05) is 36.4 Å². The van der Waals surface area contributed by atoms with Gasteiger partial charge in [-0.2, -0.15) is 0 Å². The first-order valence-corrected chi connectivity index (χ1v) is 8.79. The smallest absolute Gasteiger partial charge is 0.221 e. The van der Waals surface area contributed by atoms with E-state index in [1.54, 1.807) is 11.8 Å². The van der Waals surface area contributed by atoms with Gasteiger partial charge in [0.25, 0.3) is 0 Å². The molecule has 0 unspecified atom stereocenters. The maximum atomic E-state index is 11.9. The van der Waals surface area contributed by atoms with Gasteiger partial charge in [0.2, 0.25) is 5.91 Å². The van der Waals surface area contributed by atoms with Crippen molar-refractivity contribution in [3.8, 4) is 5.75 Å². The lowest BCUT2D eigenvalue weighted by Crippen LogP contribution is -2.37. The van der Waals surface area contributed by atoms with Gasteiger partial charge in [-0.25, -0.2) is 0 Å². The number of rotatable bonds is 8. The van der Waals surface area contributed by atoms with Crippen LogP contribution in [-0.2, 0) is 4.79 Å². The minimum absolute atomic E-state index is 0.0103. The van der Waals surface area contributed by atoms with Crippen LogP contribution in [0.1, 0.15) is 18.9 Å². The van der Waals surface area contributed by atoms with Gasteiger partial charge in [0, 0.05) is 17.1 Å². The lowest BCUT2D eigenvalue weighted by Gasteiger charge is -2.16. The lowest BCUT2D eigenvalue weighted by atomic mass is 10.2. The van der Waals surface area contributed by atoms with Crippen molar-refractivity contribution >= 4 is 17.7 Å². The van der Waals surface area contributed by atoms with Gasteiger partial charge >= 0.3 is 0 Å². The van der Waals surface area contributed by atoms with Crippen molar-refractivity contribution in [2.75, 3.05) is 12.4 Å². The van der Waals surface area contributed by atoms with E-state index in [9.17, 15) is 4.79 Å². The molecule has 0 radical (unpaired) electrons. The highest BCUT2D eigenvalue weighted by Gasteiger charge is 2.09. The predicted octanol–water partition coefficient (Wildman–Crippen LogP) is 4.06. The number of ether oxygens (including phenoxy) is 1. The summed E-state index contributed by atoms with van der Waals surface area (Å²) in [6.45, 7) is 4.45. The first-order valence-electron chi connectivity index (χ1n) is 7.81. The lowest BCUT2D eigenvalue weighted by molar-refractivity contribution is -0.121.